The van der Waals surface area contributed by atoms with Gasteiger partial charge in [-0.2, -0.15) is 0 Å². The lowest BCUT2D eigenvalue weighted by Gasteiger charge is -2.26. The number of epoxide rings is 1. The Morgan fingerprint density at radius 3 is 2.86 bits per heavy atom. The van der Waals surface area contributed by atoms with Crippen LogP contribution < -0.4 is 0 Å². The number of hydrogen-bond donors (Lipinski definition) is 0. The molecule has 0 bridgehead atoms. The third kappa shape index (κ3) is 2.91. The number of hydrogen-bond acceptors (Lipinski definition) is 5. The Labute approximate surface area is 131 Å². The zero-order valence-electron chi connectivity index (χ0n) is 13.6. The van der Waals surface area contributed by atoms with Gasteiger partial charge < -0.3 is 14.2 Å². The van der Waals surface area contributed by atoms with Crippen LogP contribution in [0.25, 0.3) is 0 Å². The normalized spacial score (nSPS) is 46.6. The van der Waals surface area contributed by atoms with Crippen LogP contribution in [0.15, 0.2) is 11.6 Å². The summed E-state index contributed by atoms with van der Waals surface area (Å²) in [6, 6.07) is 0. The smallest absolute Gasteiger partial charge is 0.306 e. The van der Waals surface area contributed by atoms with Crippen molar-refractivity contribution in [2.45, 2.75) is 70.9 Å². The lowest BCUT2D eigenvalue weighted by Crippen LogP contribution is -2.31. The van der Waals surface area contributed by atoms with Crippen molar-refractivity contribution in [1.29, 1.82) is 0 Å². The summed E-state index contributed by atoms with van der Waals surface area (Å²) in [6.45, 7) is 7.57. The number of esters is 2. The number of carbonyl (C=O) groups excluding carboxylic acids is 2. The van der Waals surface area contributed by atoms with E-state index in [1.807, 2.05) is 6.92 Å². The minimum atomic E-state index is -0.276. The molecule has 5 heteroatoms. The van der Waals surface area contributed by atoms with Crippen LogP contribution in [-0.4, -0.2) is 35.9 Å². The number of rotatable bonds is 1. The van der Waals surface area contributed by atoms with Gasteiger partial charge in [-0.25, -0.2) is 0 Å². The lowest BCUT2D eigenvalue weighted by atomic mass is 9.80. The zero-order valence-corrected chi connectivity index (χ0v) is 13.6. The molecule has 3 rings (SSSR count). The highest BCUT2D eigenvalue weighted by Gasteiger charge is 2.57. The topological polar surface area (TPSA) is 65.1 Å². The fraction of sp³-hybridized carbons (Fsp3) is 0.765. The summed E-state index contributed by atoms with van der Waals surface area (Å²) in [5.41, 5.74) is 0.754. The van der Waals surface area contributed by atoms with E-state index in [0.717, 1.165) is 12.0 Å². The van der Waals surface area contributed by atoms with Crippen molar-refractivity contribution in [3.63, 3.8) is 0 Å². The molecule has 0 spiro atoms. The fourth-order valence-corrected chi connectivity index (χ4v) is 3.88. The molecule has 0 saturated carbocycles. The molecule has 0 aromatic heterocycles. The summed E-state index contributed by atoms with van der Waals surface area (Å²) in [6.07, 6.45) is 3.68. The van der Waals surface area contributed by atoms with Crippen molar-refractivity contribution >= 4 is 11.9 Å². The van der Waals surface area contributed by atoms with E-state index in [-0.39, 0.29) is 47.7 Å². The highest BCUT2D eigenvalue weighted by molar-refractivity contribution is 5.72. The maximum atomic E-state index is 11.7. The SMILES string of the molecule is CC(=O)O[C@H]1C[C@@H]2O[C@]2(C)C[C@H]2OC(=O)C[C@H]2[C@@H](C)/C=C\1C. The largest absolute Gasteiger partial charge is 0.462 e. The van der Waals surface area contributed by atoms with Crippen molar-refractivity contribution in [2.75, 3.05) is 0 Å². The molecule has 0 radical (unpaired) electrons. The molecule has 1 aliphatic carbocycles. The van der Waals surface area contributed by atoms with Gasteiger partial charge in [0.05, 0.1) is 18.1 Å². The highest BCUT2D eigenvalue weighted by atomic mass is 16.6. The van der Waals surface area contributed by atoms with Gasteiger partial charge in [0, 0.05) is 25.7 Å². The van der Waals surface area contributed by atoms with Crippen LogP contribution in [0, 0.1) is 11.8 Å². The van der Waals surface area contributed by atoms with E-state index in [0.29, 0.717) is 12.8 Å². The Hall–Kier alpha value is -1.36. The highest BCUT2D eigenvalue weighted by Crippen LogP contribution is 2.48. The minimum Gasteiger partial charge on any atom is -0.462 e. The standard InChI is InChI=1S/C17H24O5/c1-9-5-10(2)13(20-11(3)18)7-15-17(4,22-15)8-14-12(9)6-16(19)21-14/h5,9,12-15H,6-8H2,1-4H3/b10-5-/t9-,12-,13-,14+,15-,17+/m0/s1. The van der Waals surface area contributed by atoms with Gasteiger partial charge >= 0.3 is 11.9 Å². The Bertz CT molecular complexity index is 525. The first kappa shape index (κ1) is 15.5. The van der Waals surface area contributed by atoms with Gasteiger partial charge in [-0.3, -0.25) is 9.59 Å². The third-order valence-electron chi connectivity index (χ3n) is 5.25. The van der Waals surface area contributed by atoms with E-state index in [1.54, 1.807) is 0 Å². The van der Waals surface area contributed by atoms with Crippen LogP contribution in [0.2, 0.25) is 0 Å². The lowest BCUT2D eigenvalue weighted by molar-refractivity contribution is -0.145. The molecular formula is C17H24O5. The van der Waals surface area contributed by atoms with Crippen LogP contribution in [0.4, 0.5) is 0 Å². The number of carbonyl (C=O) groups is 2. The second-order valence-electron chi connectivity index (χ2n) is 7.12. The van der Waals surface area contributed by atoms with Gasteiger partial charge in [0.2, 0.25) is 0 Å². The third-order valence-corrected chi connectivity index (χ3v) is 5.25. The fourth-order valence-electron chi connectivity index (χ4n) is 3.88. The summed E-state index contributed by atoms with van der Waals surface area (Å²) in [4.78, 5) is 23.1. The maximum Gasteiger partial charge on any atom is 0.306 e. The quantitative estimate of drug-likeness (QED) is 0.423. The Morgan fingerprint density at radius 1 is 1.45 bits per heavy atom. The molecule has 22 heavy (non-hydrogen) atoms. The average Bonchev–Trinajstić information content (AvgIpc) is 2.86. The summed E-state index contributed by atoms with van der Waals surface area (Å²) >= 11 is 0. The van der Waals surface area contributed by atoms with E-state index < -0.39 is 0 Å². The van der Waals surface area contributed by atoms with Gasteiger partial charge in [0.1, 0.15) is 12.2 Å². The molecule has 0 N–H and O–H groups in total. The summed E-state index contributed by atoms with van der Waals surface area (Å²) in [5.74, 6) is -0.0276. The molecule has 2 fully saturated rings. The van der Waals surface area contributed by atoms with Gasteiger partial charge in [-0.1, -0.05) is 13.0 Å². The summed E-state index contributed by atoms with van der Waals surface area (Å²) in [5, 5.41) is 0. The van der Waals surface area contributed by atoms with Crippen molar-refractivity contribution in [3.8, 4) is 0 Å². The number of fused-ring (bicyclic) bond motifs is 2. The molecule has 2 saturated heterocycles. The zero-order chi connectivity index (χ0) is 16.1. The molecule has 6 atom stereocenters. The van der Waals surface area contributed by atoms with Gasteiger partial charge in [-0.05, 0) is 25.3 Å². The van der Waals surface area contributed by atoms with E-state index >= 15 is 0 Å². The second kappa shape index (κ2) is 5.37. The van der Waals surface area contributed by atoms with Crippen LogP contribution in [-0.2, 0) is 23.8 Å². The molecule has 0 aromatic carbocycles. The van der Waals surface area contributed by atoms with E-state index in [4.69, 9.17) is 14.2 Å². The minimum absolute atomic E-state index is 0.0496. The Balaban J connectivity index is 1.88. The maximum absolute atomic E-state index is 11.7. The van der Waals surface area contributed by atoms with Crippen LogP contribution in [0.1, 0.15) is 47.0 Å². The Morgan fingerprint density at radius 2 is 2.18 bits per heavy atom. The average molecular weight is 308 g/mol. The molecule has 122 valence electrons. The summed E-state index contributed by atoms with van der Waals surface area (Å²) < 4.78 is 16.9. The monoisotopic (exact) mass is 308 g/mol. The summed E-state index contributed by atoms with van der Waals surface area (Å²) in [7, 11) is 0. The first-order valence-electron chi connectivity index (χ1n) is 8.01. The second-order valence-corrected chi connectivity index (χ2v) is 7.12. The first-order chi connectivity index (χ1) is 10.3. The van der Waals surface area contributed by atoms with Gasteiger partial charge in [-0.15, -0.1) is 0 Å². The van der Waals surface area contributed by atoms with E-state index in [1.165, 1.54) is 6.92 Å². The van der Waals surface area contributed by atoms with Crippen LogP contribution in [0.5, 0.6) is 0 Å². The van der Waals surface area contributed by atoms with Crippen LogP contribution in [0.3, 0.4) is 0 Å². The predicted molar refractivity (Wildman–Crippen MR) is 79.0 cm³/mol. The molecule has 0 unspecified atom stereocenters. The van der Waals surface area contributed by atoms with Crippen molar-refractivity contribution < 1.29 is 23.8 Å². The van der Waals surface area contributed by atoms with E-state index in [9.17, 15) is 9.59 Å². The molecule has 0 amide bonds. The molecule has 5 nitrogen and oxygen atoms in total. The van der Waals surface area contributed by atoms with Crippen molar-refractivity contribution in [3.05, 3.63) is 11.6 Å². The molecule has 2 aliphatic heterocycles. The van der Waals surface area contributed by atoms with Gasteiger partial charge in [0.25, 0.3) is 0 Å². The molecular weight excluding hydrogens is 284 g/mol. The van der Waals surface area contributed by atoms with Gasteiger partial charge in [0.15, 0.2) is 0 Å². The molecule has 3 aliphatic rings. The Kier molecular flexibility index (Phi) is 3.79. The first-order valence-corrected chi connectivity index (χ1v) is 8.01. The predicted octanol–water partition coefficient (Wildman–Crippen LogP) is 2.38. The van der Waals surface area contributed by atoms with Crippen LogP contribution >= 0.6 is 0 Å². The van der Waals surface area contributed by atoms with E-state index in [2.05, 4.69) is 19.9 Å². The number of allylic oxidation sites excluding steroid dienone is 1. The number of ether oxygens (including phenoxy) is 3. The van der Waals surface area contributed by atoms with Crippen molar-refractivity contribution in [2.24, 2.45) is 11.8 Å². The molecule has 2 heterocycles. The molecule has 0 aromatic rings. The van der Waals surface area contributed by atoms with Crippen molar-refractivity contribution in [1.82, 2.24) is 0 Å².